The summed E-state index contributed by atoms with van der Waals surface area (Å²) in [6.45, 7) is 8.48. The molecule has 3 aromatic rings. The second-order valence-electron chi connectivity index (χ2n) is 5.64. The topological polar surface area (TPSA) is 91.6 Å². The molecule has 146 valence electrons. The Kier molecular flexibility index (Phi) is 6.49. The standard InChI is InChI=1S/C19H21N5O3S/c1-5-25-15-10-16(26-6-2)23-19(22-15)27-24-13(4)17-12(3)21-18(28-17)14-8-7-9-20-11-14/h7-11H,5-6H2,1-4H3. The predicted molar refractivity (Wildman–Crippen MR) is 107 cm³/mol. The van der Waals surface area contributed by atoms with Crippen molar-refractivity contribution < 1.29 is 14.3 Å². The highest BCUT2D eigenvalue weighted by Gasteiger charge is 2.13. The van der Waals surface area contributed by atoms with E-state index in [9.17, 15) is 0 Å². The molecule has 0 N–H and O–H groups in total. The van der Waals surface area contributed by atoms with Crippen LogP contribution in [0.5, 0.6) is 17.8 Å². The number of aryl methyl sites for hydroxylation is 1. The molecule has 0 saturated carbocycles. The Bertz CT molecular complexity index is 935. The van der Waals surface area contributed by atoms with E-state index in [4.69, 9.17) is 14.3 Å². The number of rotatable bonds is 8. The van der Waals surface area contributed by atoms with E-state index in [1.165, 1.54) is 11.3 Å². The average molecular weight is 399 g/mol. The van der Waals surface area contributed by atoms with Gasteiger partial charge in [-0.3, -0.25) is 4.98 Å². The molecular weight excluding hydrogens is 378 g/mol. The van der Waals surface area contributed by atoms with Gasteiger partial charge in [-0.2, -0.15) is 9.97 Å². The summed E-state index contributed by atoms with van der Waals surface area (Å²) in [5, 5.41) is 5.05. The molecule has 0 fully saturated rings. The van der Waals surface area contributed by atoms with Gasteiger partial charge in [-0.05, 0) is 39.8 Å². The molecular formula is C19H21N5O3S. The molecule has 0 aliphatic heterocycles. The van der Waals surface area contributed by atoms with Crippen LogP contribution in [0.15, 0.2) is 35.7 Å². The van der Waals surface area contributed by atoms with Crippen LogP contribution in [0.1, 0.15) is 31.3 Å². The van der Waals surface area contributed by atoms with Crippen molar-refractivity contribution in [1.82, 2.24) is 19.9 Å². The maximum Gasteiger partial charge on any atom is 0.352 e. The van der Waals surface area contributed by atoms with Crippen molar-refractivity contribution in [2.45, 2.75) is 27.7 Å². The molecule has 28 heavy (non-hydrogen) atoms. The Morgan fingerprint density at radius 2 is 1.82 bits per heavy atom. The van der Waals surface area contributed by atoms with E-state index >= 15 is 0 Å². The molecule has 8 nitrogen and oxygen atoms in total. The number of oxime groups is 1. The highest BCUT2D eigenvalue weighted by atomic mass is 32.1. The second kappa shape index (κ2) is 9.23. The monoisotopic (exact) mass is 399 g/mol. The normalized spacial score (nSPS) is 11.4. The lowest BCUT2D eigenvalue weighted by molar-refractivity contribution is 0.269. The molecule has 3 rings (SSSR count). The Labute approximate surface area is 167 Å². The minimum Gasteiger partial charge on any atom is -0.478 e. The number of nitrogens with zero attached hydrogens (tertiary/aromatic N) is 5. The van der Waals surface area contributed by atoms with Crippen molar-refractivity contribution in [3.8, 4) is 28.3 Å². The second-order valence-corrected chi connectivity index (χ2v) is 6.64. The van der Waals surface area contributed by atoms with Gasteiger partial charge in [0.15, 0.2) is 0 Å². The summed E-state index contributed by atoms with van der Waals surface area (Å²) in [7, 11) is 0. The lowest BCUT2D eigenvalue weighted by Crippen LogP contribution is -2.03. The molecule has 0 atom stereocenters. The third kappa shape index (κ3) is 4.80. The lowest BCUT2D eigenvalue weighted by atomic mass is 10.3. The molecule has 9 heteroatoms. The van der Waals surface area contributed by atoms with E-state index in [2.05, 4.69) is 25.1 Å². The molecule has 0 aromatic carbocycles. The fourth-order valence-corrected chi connectivity index (χ4v) is 3.36. The summed E-state index contributed by atoms with van der Waals surface area (Å²) in [6, 6.07) is 5.53. The van der Waals surface area contributed by atoms with Crippen LogP contribution in [0.25, 0.3) is 10.6 Å². The van der Waals surface area contributed by atoms with E-state index in [1.807, 2.05) is 39.8 Å². The van der Waals surface area contributed by atoms with Crippen LogP contribution in [0.3, 0.4) is 0 Å². The molecule has 3 heterocycles. The van der Waals surface area contributed by atoms with Gasteiger partial charge in [0.05, 0.1) is 35.6 Å². The number of pyridine rings is 1. The van der Waals surface area contributed by atoms with E-state index < -0.39 is 0 Å². The Morgan fingerprint density at radius 3 is 2.43 bits per heavy atom. The summed E-state index contributed by atoms with van der Waals surface area (Å²) < 4.78 is 10.8. The number of hydrogen-bond donors (Lipinski definition) is 0. The third-order valence-electron chi connectivity index (χ3n) is 3.54. The fraction of sp³-hybridized carbons (Fsp3) is 0.316. The summed E-state index contributed by atoms with van der Waals surface area (Å²) >= 11 is 1.53. The van der Waals surface area contributed by atoms with Gasteiger partial charge in [0.2, 0.25) is 11.8 Å². The molecule has 0 bridgehead atoms. The minimum absolute atomic E-state index is 0.0587. The van der Waals surface area contributed by atoms with Crippen molar-refractivity contribution in [1.29, 1.82) is 0 Å². The Morgan fingerprint density at radius 1 is 1.11 bits per heavy atom. The van der Waals surface area contributed by atoms with Crippen LogP contribution < -0.4 is 14.3 Å². The van der Waals surface area contributed by atoms with Crippen LogP contribution in [-0.4, -0.2) is 38.9 Å². The maximum atomic E-state index is 5.44. The van der Waals surface area contributed by atoms with E-state index in [0.717, 1.165) is 21.1 Å². The van der Waals surface area contributed by atoms with Gasteiger partial charge >= 0.3 is 6.01 Å². The number of aromatic nitrogens is 4. The quantitative estimate of drug-likeness (QED) is 0.419. The maximum absolute atomic E-state index is 5.44. The minimum atomic E-state index is 0.0587. The first-order chi connectivity index (χ1) is 13.6. The molecule has 0 radical (unpaired) electrons. The molecule has 0 amide bonds. The number of ether oxygens (including phenoxy) is 2. The van der Waals surface area contributed by atoms with Crippen molar-refractivity contribution >= 4 is 17.0 Å². The third-order valence-corrected chi connectivity index (χ3v) is 4.86. The Hall–Kier alpha value is -3.07. The van der Waals surface area contributed by atoms with Gasteiger partial charge in [0.1, 0.15) is 5.01 Å². The van der Waals surface area contributed by atoms with Crippen LogP contribution >= 0.6 is 11.3 Å². The van der Waals surface area contributed by atoms with E-state index in [1.54, 1.807) is 18.5 Å². The molecule has 0 unspecified atom stereocenters. The van der Waals surface area contributed by atoms with Gasteiger partial charge in [0.25, 0.3) is 0 Å². The van der Waals surface area contributed by atoms with Gasteiger partial charge in [0, 0.05) is 18.0 Å². The van der Waals surface area contributed by atoms with Crippen LogP contribution in [-0.2, 0) is 0 Å². The van der Waals surface area contributed by atoms with Crippen molar-refractivity contribution in [2.75, 3.05) is 13.2 Å². The number of hydrogen-bond acceptors (Lipinski definition) is 9. The largest absolute Gasteiger partial charge is 0.478 e. The van der Waals surface area contributed by atoms with Crippen molar-refractivity contribution in [3.05, 3.63) is 41.2 Å². The molecule has 0 spiro atoms. The van der Waals surface area contributed by atoms with Gasteiger partial charge < -0.3 is 14.3 Å². The molecule has 3 aromatic heterocycles. The van der Waals surface area contributed by atoms with Crippen molar-refractivity contribution in [3.63, 3.8) is 0 Å². The Balaban J connectivity index is 1.82. The lowest BCUT2D eigenvalue weighted by Gasteiger charge is -2.07. The smallest absolute Gasteiger partial charge is 0.352 e. The highest BCUT2D eigenvalue weighted by molar-refractivity contribution is 7.17. The van der Waals surface area contributed by atoms with E-state index in [0.29, 0.717) is 30.7 Å². The summed E-state index contributed by atoms with van der Waals surface area (Å²) in [5.41, 5.74) is 2.51. The van der Waals surface area contributed by atoms with Crippen LogP contribution in [0.4, 0.5) is 0 Å². The zero-order chi connectivity index (χ0) is 19.9. The fourth-order valence-electron chi connectivity index (χ4n) is 2.36. The molecule has 0 aliphatic rings. The average Bonchev–Trinajstić information content (AvgIpc) is 3.09. The van der Waals surface area contributed by atoms with Gasteiger partial charge in [-0.25, -0.2) is 4.98 Å². The van der Waals surface area contributed by atoms with E-state index in [-0.39, 0.29) is 6.01 Å². The zero-order valence-corrected chi connectivity index (χ0v) is 17.0. The van der Waals surface area contributed by atoms with Gasteiger partial charge in [-0.1, -0.05) is 5.16 Å². The first-order valence-corrected chi connectivity index (χ1v) is 9.66. The SMILES string of the molecule is CCOc1cc(OCC)nc(ON=C(C)c2sc(-c3cccnc3)nc2C)n1. The molecule has 0 aliphatic carbocycles. The van der Waals surface area contributed by atoms with Crippen LogP contribution in [0.2, 0.25) is 0 Å². The summed E-state index contributed by atoms with van der Waals surface area (Å²) in [5.74, 6) is 0.744. The van der Waals surface area contributed by atoms with Crippen molar-refractivity contribution in [2.24, 2.45) is 5.16 Å². The highest BCUT2D eigenvalue weighted by Crippen LogP contribution is 2.28. The predicted octanol–water partition coefficient (Wildman–Crippen LogP) is 3.90. The first-order valence-electron chi connectivity index (χ1n) is 8.85. The number of thiazole rings is 1. The zero-order valence-electron chi connectivity index (χ0n) is 16.2. The van der Waals surface area contributed by atoms with Crippen LogP contribution in [0, 0.1) is 6.92 Å². The van der Waals surface area contributed by atoms with Gasteiger partial charge in [-0.15, -0.1) is 11.3 Å². The molecule has 0 saturated heterocycles. The first kappa shape index (κ1) is 19.7. The summed E-state index contributed by atoms with van der Waals surface area (Å²) in [4.78, 5) is 23.5. The summed E-state index contributed by atoms with van der Waals surface area (Å²) in [6.07, 6.45) is 3.52.